The highest BCUT2D eigenvalue weighted by Gasteiger charge is 2.09. The standard InChI is InChI=1S/C19H25N3O3S/c1-13-7-11-26-17(13)6-8-21-19(24)22-16-5-4-15(12-14(16)2)18(23)20-9-10-25-3/h4-5,7,11-12H,6,8-10H2,1-3H3,(H,20,23)(H2,21,22,24). The quantitative estimate of drug-likeness (QED) is 0.620. The summed E-state index contributed by atoms with van der Waals surface area (Å²) in [5, 5.41) is 10.5. The molecule has 0 radical (unpaired) electrons. The highest BCUT2D eigenvalue weighted by molar-refractivity contribution is 7.10. The Labute approximate surface area is 157 Å². The number of ether oxygens (including phenoxy) is 1. The molecule has 2 rings (SSSR count). The third-order valence-corrected chi connectivity index (χ3v) is 5.02. The highest BCUT2D eigenvalue weighted by atomic mass is 32.1. The van der Waals surface area contributed by atoms with Crippen LogP contribution < -0.4 is 16.0 Å². The van der Waals surface area contributed by atoms with E-state index in [1.807, 2.05) is 6.92 Å². The molecule has 0 aliphatic carbocycles. The van der Waals surface area contributed by atoms with Crippen molar-refractivity contribution < 1.29 is 14.3 Å². The van der Waals surface area contributed by atoms with Crippen LogP contribution >= 0.6 is 11.3 Å². The van der Waals surface area contributed by atoms with Crippen LogP contribution in [0.1, 0.15) is 26.4 Å². The maximum Gasteiger partial charge on any atom is 0.319 e. The van der Waals surface area contributed by atoms with Gasteiger partial charge in [-0.3, -0.25) is 4.79 Å². The van der Waals surface area contributed by atoms with E-state index in [-0.39, 0.29) is 11.9 Å². The predicted molar refractivity (Wildman–Crippen MR) is 105 cm³/mol. The van der Waals surface area contributed by atoms with E-state index in [9.17, 15) is 9.59 Å². The fourth-order valence-electron chi connectivity index (χ4n) is 2.43. The topological polar surface area (TPSA) is 79.5 Å². The molecule has 6 nitrogen and oxygen atoms in total. The van der Waals surface area contributed by atoms with E-state index in [4.69, 9.17) is 4.74 Å². The summed E-state index contributed by atoms with van der Waals surface area (Å²) in [7, 11) is 1.59. The molecule has 0 aliphatic heterocycles. The first kappa shape index (κ1) is 19.9. The van der Waals surface area contributed by atoms with Gasteiger partial charge in [-0.1, -0.05) is 0 Å². The molecule has 1 aromatic heterocycles. The van der Waals surface area contributed by atoms with Gasteiger partial charge in [-0.15, -0.1) is 11.3 Å². The van der Waals surface area contributed by atoms with Gasteiger partial charge in [0.15, 0.2) is 0 Å². The second-order valence-corrected chi connectivity index (χ2v) is 6.94. The van der Waals surface area contributed by atoms with E-state index in [0.29, 0.717) is 30.9 Å². The molecule has 140 valence electrons. The smallest absolute Gasteiger partial charge is 0.319 e. The van der Waals surface area contributed by atoms with E-state index in [2.05, 4.69) is 34.3 Å². The number of aryl methyl sites for hydroxylation is 2. The molecule has 0 fully saturated rings. The lowest BCUT2D eigenvalue weighted by atomic mass is 10.1. The molecule has 3 N–H and O–H groups in total. The fourth-order valence-corrected chi connectivity index (χ4v) is 3.34. The maximum atomic E-state index is 12.1. The Balaban J connectivity index is 1.83. The minimum atomic E-state index is -0.250. The van der Waals surface area contributed by atoms with Crippen molar-refractivity contribution in [3.05, 3.63) is 51.2 Å². The first-order chi connectivity index (χ1) is 12.5. The summed E-state index contributed by atoms with van der Waals surface area (Å²) in [5.74, 6) is -0.160. The molecule has 0 saturated carbocycles. The van der Waals surface area contributed by atoms with Crippen LogP contribution in [0, 0.1) is 13.8 Å². The van der Waals surface area contributed by atoms with E-state index < -0.39 is 0 Å². The minimum absolute atomic E-state index is 0.160. The first-order valence-corrected chi connectivity index (χ1v) is 9.35. The number of methoxy groups -OCH3 is 1. The van der Waals surface area contributed by atoms with Crippen LogP contribution in [-0.4, -0.2) is 38.7 Å². The van der Waals surface area contributed by atoms with Crippen LogP contribution in [0.3, 0.4) is 0 Å². The molecule has 0 aliphatic rings. The third kappa shape index (κ3) is 5.86. The van der Waals surface area contributed by atoms with E-state index in [1.165, 1.54) is 10.4 Å². The number of carbonyl (C=O) groups is 2. The zero-order valence-electron chi connectivity index (χ0n) is 15.3. The van der Waals surface area contributed by atoms with Gasteiger partial charge in [0.2, 0.25) is 0 Å². The van der Waals surface area contributed by atoms with E-state index in [1.54, 1.807) is 36.6 Å². The number of nitrogens with one attached hydrogen (secondary N) is 3. The first-order valence-electron chi connectivity index (χ1n) is 8.47. The lowest BCUT2D eigenvalue weighted by Crippen LogP contribution is -2.31. The number of rotatable bonds is 8. The van der Waals surface area contributed by atoms with Crippen molar-refractivity contribution in [3.8, 4) is 0 Å². The molecule has 1 aromatic carbocycles. The number of thiophene rings is 1. The summed E-state index contributed by atoms with van der Waals surface area (Å²) < 4.78 is 4.91. The Morgan fingerprint density at radius 3 is 2.54 bits per heavy atom. The van der Waals surface area contributed by atoms with Crippen LogP contribution in [0.25, 0.3) is 0 Å². The number of carbonyl (C=O) groups excluding carboxylic acids is 2. The second-order valence-electron chi connectivity index (χ2n) is 5.94. The van der Waals surface area contributed by atoms with Crippen molar-refractivity contribution in [2.24, 2.45) is 0 Å². The number of hydrogen-bond donors (Lipinski definition) is 3. The lowest BCUT2D eigenvalue weighted by Gasteiger charge is -2.11. The van der Waals surface area contributed by atoms with Crippen molar-refractivity contribution in [2.75, 3.05) is 32.1 Å². The number of hydrogen-bond acceptors (Lipinski definition) is 4. The zero-order valence-corrected chi connectivity index (χ0v) is 16.2. The average Bonchev–Trinajstić information content (AvgIpc) is 3.02. The van der Waals surface area contributed by atoms with Gasteiger partial charge in [-0.2, -0.15) is 0 Å². The summed E-state index contributed by atoms with van der Waals surface area (Å²) in [6, 6.07) is 7.02. The van der Waals surface area contributed by atoms with Gasteiger partial charge < -0.3 is 20.7 Å². The van der Waals surface area contributed by atoms with E-state index in [0.717, 1.165) is 12.0 Å². The normalized spacial score (nSPS) is 10.4. The summed E-state index contributed by atoms with van der Waals surface area (Å²) in [4.78, 5) is 25.4. The van der Waals surface area contributed by atoms with Crippen LogP contribution in [0.5, 0.6) is 0 Å². The van der Waals surface area contributed by atoms with Gasteiger partial charge in [-0.05, 0) is 61.0 Å². The number of urea groups is 1. The number of benzene rings is 1. The molecule has 26 heavy (non-hydrogen) atoms. The maximum absolute atomic E-state index is 12.1. The zero-order chi connectivity index (χ0) is 18.9. The molecule has 3 amide bonds. The third-order valence-electron chi connectivity index (χ3n) is 3.93. The molecule has 7 heteroatoms. The SMILES string of the molecule is COCCNC(=O)c1ccc(NC(=O)NCCc2sccc2C)c(C)c1. The van der Waals surface area contributed by atoms with Crippen molar-refractivity contribution in [1.29, 1.82) is 0 Å². The Morgan fingerprint density at radius 1 is 1.08 bits per heavy atom. The largest absolute Gasteiger partial charge is 0.383 e. The van der Waals surface area contributed by atoms with Gasteiger partial charge >= 0.3 is 6.03 Å². The second kappa shape index (κ2) is 9.94. The molecule has 0 atom stereocenters. The molecule has 0 unspecified atom stereocenters. The van der Waals surface area contributed by atoms with Crippen molar-refractivity contribution in [3.63, 3.8) is 0 Å². The molecular formula is C19H25N3O3S. The molecule has 0 bridgehead atoms. The van der Waals surface area contributed by atoms with Gasteiger partial charge in [0.05, 0.1) is 6.61 Å². The number of amides is 3. The molecule has 1 heterocycles. The minimum Gasteiger partial charge on any atom is -0.383 e. The van der Waals surface area contributed by atoms with Crippen LogP contribution in [-0.2, 0) is 11.2 Å². The summed E-state index contributed by atoms with van der Waals surface area (Å²) >= 11 is 1.70. The van der Waals surface area contributed by atoms with Gasteiger partial charge in [-0.25, -0.2) is 4.79 Å². The van der Waals surface area contributed by atoms with Crippen LogP contribution in [0.15, 0.2) is 29.6 Å². The summed E-state index contributed by atoms with van der Waals surface area (Å²) in [6.07, 6.45) is 0.816. The Bertz CT molecular complexity index is 758. The molecular weight excluding hydrogens is 350 g/mol. The van der Waals surface area contributed by atoms with Crippen molar-refractivity contribution >= 4 is 29.0 Å². The van der Waals surface area contributed by atoms with Crippen LogP contribution in [0.4, 0.5) is 10.5 Å². The van der Waals surface area contributed by atoms with Gasteiger partial charge in [0.25, 0.3) is 5.91 Å². The predicted octanol–water partition coefficient (Wildman–Crippen LogP) is 3.11. The Kier molecular flexibility index (Phi) is 7.62. The summed E-state index contributed by atoms with van der Waals surface area (Å²) in [6.45, 7) is 5.43. The molecule has 0 spiro atoms. The fraction of sp³-hybridized carbons (Fsp3) is 0.368. The van der Waals surface area contributed by atoms with Crippen LogP contribution in [0.2, 0.25) is 0 Å². The average molecular weight is 375 g/mol. The van der Waals surface area contributed by atoms with Gasteiger partial charge in [0.1, 0.15) is 0 Å². The number of anilines is 1. The van der Waals surface area contributed by atoms with Gasteiger partial charge in [0, 0.05) is 36.3 Å². The highest BCUT2D eigenvalue weighted by Crippen LogP contribution is 2.17. The van der Waals surface area contributed by atoms with E-state index >= 15 is 0 Å². The Morgan fingerprint density at radius 2 is 1.88 bits per heavy atom. The monoisotopic (exact) mass is 375 g/mol. The molecule has 2 aromatic rings. The van der Waals surface area contributed by atoms with Crippen molar-refractivity contribution in [2.45, 2.75) is 20.3 Å². The summed E-state index contributed by atoms with van der Waals surface area (Å²) in [5.41, 5.74) is 3.32. The Hall–Kier alpha value is -2.38. The molecule has 0 saturated heterocycles. The lowest BCUT2D eigenvalue weighted by molar-refractivity contribution is 0.0937. The van der Waals surface area contributed by atoms with Crippen molar-refractivity contribution in [1.82, 2.24) is 10.6 Å².